The monoisotopic (exact) mass is 498 g/mol. The molecular weight excluding hydrogens is 471 g/mol. The van der Waals surface area contributed by atoms with Gasteiger partial charge in [0, 0.05) is 47.2 Å². The fraction of sp³-hybridized carbons (Fsp3) is 0.259. The zero-order valence-electron chi connectivity index (χ0n) is 19.0. The number of nitrogens with zero attached hydrogens (tertiary/aromatic N) is 1. The number of benzene rings is 3. The van der Waals surface area contributed by atoms with Gasteiger partial charge in [-0.1, -0.05) is 60.1 Å². The molecule has 0 bridgehead atoms. The molecule has 1 atom stereocenters. The summed E-state index contributed by atoms with van der Waals surface area (Å²) >= 11 is 7.48. The minimum Gasteiger partial charge on any atom is -0.355 e. The summed E-state index contributed by atoms with van der Waals surface area (Å²) in [6, 6.07) is 22.6. The van der Waals surface area contributed by atoms with Crippen LogP contribution in [0.25, 0.3) is 0 Å². The fourth-order valence-corrected chi connectivity index (χ4v) is 4.55. The molecule has 178 valence electrons. The van der Waals surface area contributed by atoms with Crippen molar-refractivity contribution in [1.29, 1.82) is 0 Å². The Balaban J connectivity index is 1.82. The van der Waals surface area contributed by atoms with E-state index in [1.807, 2.05) is 49.4 Å². The number of carbonyl (C=O) groups is 2. The standard InChI is InChI=1S/C27H28ClFN2O2S/c1-2-30-27(33)25(18-20-8-4-3-5-9-20)31(19-21-10-6-7-11-24(21)29)26(32)16-17-34-23-14-12-22(28)13-15-23/h3-15,25H,2,16-19H2,1H3,(H,30,33)/t25-/m0/s1. The lowest BCUT2D eigenvalue weighted by Gasteiger charge is -2.31. The second-order valence-electron chi connectivity index (χ2n) is 7.77. The summed E-state index contributed by atoms with van der Waals surface area (Å²) in [5.74, 6) is -0.315. The summed E-state index contributed by atoms with van der Waals surface area (Å²) in [6.07, 6.45) is 0.559. The molecule has 34 heavy (non-hydrogen) atoms. The van der Waals surface area contributed by atoms with Crippen LogP contribution in [0, 0.1) is 5.82 Å². The van der Waals surface area contributed by atoms with Crippen LogP contribution in [0.1, 0.15) is 24.5 Å². The van der Waals surface area contributed by atoms with Crippen LogP contribution >= 0.6 is 23.4 Å². The third-order valence-electron chi connectivity index (χ3n) is 5.32. The van der Waals surface area contributed by atoms with Crippen LogP contribution in [0.15, 0.2) is 83.8 Å². The molecule has 3 aromatic carbocycles. The molecule has 4 nitrogen and oxygen atoms in total. The van der Waals surface area contributed by atoms with Crippen molar-refractivity contribution >= 4 is 35.2 Å². The first-order chi connectivity index (χ1) is 16.5. The molecule has 0 aliphatic carbocycles. The Morgan fingerprint density at radius 1 is 1.00 bits per heavy atom. The van der Waals surface area contributed by atoms with Crippen molar-refractivity contribution in [3.05, 3.63) is 101 Å². The molecule has 0 heterocycles. The maximum atomic E-state index is 14.5. The summed E-state index contributed by atoms with van der Waals surface area (Å²) in [4.78, 5) is 29.0. The van der Waals surface area contributed by atoms with Gasteiger partial charge < -0.3 is 10.2 Å². The molecule has 0 saturated carbocycles. The highest BCUT2D eigenvalue weighted by molar-refractivity contribution is 7.99. The Hall–Kier alpha value is -2.83. The average Bonchev–Trinajstić information content (AvgIpc) is 2.84. The van der Waals surface area contributed by atoms with E-state index in [-0.39, 0.29) is 24.8 Å². The van der Waals surface area contributed by atoms with Crippen LogP contribution in [-0.2, 0) is 22.6 Å². The Labute approximate surface area is 209 Å². The van der Waals surface area contributed by atoms with Crippen molar-refractivity contribution < 1.29 is 14.0 Å². The largest absolute Gasteiger partial charge is 0.355 e. The second kappa shape index (κ2) is 13.2. The van der Waals surface area contributed by atoms with Crippen molar-refractivity contribution in [1.82, 2.24) is 10.2 Å². The van der Waals surface area contributed by atoms with Gasteiger partial charge in [0.05, 0.1) is 0 Å². The quantitative estimate of drug-likeness (QED) is 0.343. The zero-order chi connectivity index (χ0) is 24.3. The molecule has 3 aromatic rings. The smallest absolute Gasteiger partial charge is 0.243 e. The van der Waals surface area contributed by atoms with Crippen molar-refractivity contribution in [3.8, 4) is 0 Å². The molecule has 0 unspecified atom stereocenters. The van der Waals surface area contributed by atoms with E-state index >= 15 is 0 Å². The molecule has 2 amide bonds. The van der Waals surface area contributed by atoms with Gasteiger partial charge in [0.2, 0.25) is 11.8 Å². The maximum absolute atomic E-state index is 14.5. The van der Waals surface area contributed by atoms with Crippen LogP contribution in [-0.4, -0.2) is 35.1 Å². The van der Waals surface area contributed by atoms with Crippen LogP contribution in [0.2, 0.25) is 5.02 Å². The van der Waals surface area contributed by atoms with Crippen molar-refractivity contribution in [3.63, 3.8) is 0 Å². The molecule has 3 rings (SSSR count). The Bertz CT molecular complexity index is 1080. The van der Waals surface area contributed by atoms with Gasteiger partial charge in [0.15, 0.2) is 0 Å². The minimum absolute atomic E-state index is 0.0196. The maximum Gasteiger partial charge on any atom is 0.243 e. The van der Waals surface area contributed by atoms with E-state index in [1.165, 1.54) is 22.7 Å². The van der Waals surface area contributed by atoms with Gasteiger partial charge in [-0.15, -0.1) is 11.8 Å². The van der Waals surface area contributed by atoms with Gasteiger partial charge in [0.25, 0.3) is 0 Å². The molecule has 0 aliphatic heterocycles. The highest BCUT2D eigenvalue weighted by Gasteiger charge is 2.30. The van der Waals surface area contributed by atoms with E-state index in [0.29, 0.717) is 29.3 Å². The summed E-state index contributed by atoms with van der Waals surface area (Å²) < 4.78 is 14.5. The van der Waals surface area contributed by atoms with Crippen molar-refractivity contribution in [2.24, 2.45) is 0 Å². The SMILES string of the molecule is CCNC(=O)[C@H](Cc1ccccc1)N(Cc1ccccc1F)C(=O)CCSc1ccc(Cl)cc1. The number of carbonyl (C=O) groups excluding carboxylic acids is 2. The normalized spacial score (nSPS) is 11.6. The number of thioether (sulfide) groups is 1. The van der Waals surface area contributed by atoms with E-state index in [1.54, 1.807) is 30.3 Å². The number of rotatable bonds is 11. The Kier molecular flexibility index (Phi) is 9.98. The lowest BCUT2D eigenvalue weighted by molar-refractivity contribution is -0.141. The van der Waals surface area contributed by atoms with E-state index in [0.717, 1.165) is 10.5 Å². The first-order valence-electron chi connectivity index (χ1n) is 11.2. The highest BCUT2D eigenvalue weighted by Crippen LogP contribution is 2.23. The van der Waals surface area contributed by atoms with Crippen molar-refractivity contribution in [2.75, 3.05) is 12.3 Å². The summed E-state index contributed by atoms with van der Waals surface area (Å²) in [6.45, 7) is 2.30. The summed E-state index contributed by atoms with van der Waals surface area (Å²) in [5, 5.41) is 3.50. The average molecular weight is 499 g/mol. The van der Waals surface area contributed by atoms with Gasteiger partial charge in [0.1, 0.15) is 11.9 Å². The molecule has 0 spiro atoms. The number of halogens is 2. The molecule has 0 aromatic heterocycles. The first kappa shape index (κ1) is 25.8. The van der Waals surface area contributed by atoms with E-state index < -0.39 is 11.9 Å². The van der Waals surface area contributed by atoms with Crippen molar-refractivity contribution in [2.45, 2.75) is 37.2 Å². The third-order valence-corrected chi connectivity index (χ3v) is 6.58. The van der Waals surface area contributed by atoms with Gasteiger partial charge in [-0.3, -0.25) is 9.59 Å². The molecular formula is C27H28ClFN2O2S. The van der Waals surface area contributed by atoms with E-state index in [4.69, 9.17) is 11.6 Å². The number of likely N-dealkylation sites (N-methyl/N-ethyl adjacent to an activating group) is 1. The predicted molar refractivity (Wildman–Crippen MR) is 136 cm³/mol. The van der Waals surface area contributed by atoms with Crippen LogP contribution in [0.4, 0.5) is 4.39 Å². The lowest BCUT2D eigenvalue weighted by atomic mass is 10.0. The number of hydrogen-bond acceptors (Lipinski definition) is 3. The van der Waals surface area contributed by atoms with Gasteiger partial charge >= 0.3 is 0 Å². The topological polar surface area (TPSA) is 49.4 Å². The van der Waals surface area contributed by atoms with Gasteiger partial charge in [-0.25, -0.2) is 4.39 Å². The minimum atomic E-state index is -0.755. The zero-order valence-corrected chi connectivity index (χ0v) is 20.6. The van der Waals surface area contributed by atoms with E-state index in [9.17, 15) is 14.0 Å². The highest BCUT2D eigenvalue weighted by atomic mass is 35.5. The number of hydrogen-bond donors (Lipinski definition) is 1. The molecule has 1 N–H and O–H groups in total. The van der Waals surface area contributed by atoms with Gasteiger partial charge in [-0.2, -0.15) is 0 Å². The van der Waals surface area contributed by atoms with Crippen LogP contribution in [0.3, 0.4) is 0 Å². The van der Waals surface area contributed by atoms with Gasteiger partial charge in [-0.05, 0) is 42.8 Å². The Morgan fingerprint density at radius 2 is 1.68 bits per heavy atom. The van der Waals surface area contributed by atoms with Crippen LogP contribution in [0.5, 0.6) is 0 Å². The first-order valence-corrected chi connectivity index (χ1v) is 12.6. The van der Waals surface area contributed by atoms with Crippen LogP contribution < -0.4 is 5.32 Å². The molecule has 0 fully saturated rings. The molecule has 0 saturated heterocycles. The number of nitrogens with one attached hydrogen (secondary N) is 1. The summed E-state index contributed by atoms with van der Waals surface area (Å²) in [5.41, 5.74) is 1.31. The molecule has 0 aliphatic rings. The predicted octanol–water partition coefficient (Wildman–Crippen LogP) is 5.74. The third kappa shape index (κ3) is 7.61. The van der Waals surface area contributed by atoms with E-state index in [2.05, 4.69) is 5.32 Å². The number of amides is 2. The lowest BCUT2D eigenvalue weighted by Crippen LogP contribution is -2.50. The molecule has 7 heteroatoms. The fourth-order valence-electron chi connectivity index (χ4n) is 3.59. The molecule has 0 radical (unpaired) electrons. The summed E-state index contributed by atoms with van der Waals surface area (Å²) in [7, 11) is 0. The Morgan fingerprint density at radius 3 is 2.35 bits per heavy atom. The second-order valence-corrected chi connectivity index (χ2v) is 9.37.